The molecule has 1 aromatic rings. The van der Waals surface area contributed by atoms with E-state index >= 15 is 0 Å². The minimum absolute atomic E-state index is 0.0677. The van der Waals surface area contributed by atoms with Gasteiger partial charge in [0.1, 0.15) is 5.82 Å². The summed E-state index contributed by atoms with van der Waals surface area (Å²) < 4.78 is 24.0. The Morgan fingerprint density at radius 3 is 2.40 bits per heavy atom. The van der Waals surface area contributed by atoms with Crippen LogP contribution in [0, 0.1) is 17.2 Å². The van der Waals surface area contributed by atoms with E-state index in [0.29, 0.717) is 0 Å². The number of aliphatic hydroxyl groups excluding tert-OH is 1. The number of halogens is 2. The van der Waals surface area contributed by atoms with E-state index in [2.05, 4.69) is 5.16 Å². The van der Waals surface area contributed by atoms with Crippen molar-refractivity contribution in [3.8, 4) is 0 Å². The molecule has 2 N–H and O–H groups in total. The van der Waals surface area contributed by atoms with Crippen molar-refractivity contribution in [2.45, 2.75) is 12.3 Å². The molecular weight excluding hydrogens is 357 g/mol. The average Bonchev–Trinajstić information content (AvgIpc) is 2.95. The van der Waals surface area contributed by atoms with E-state index in [9.17, 15) is 24.3 Å². The quantitative estimate of drug-likeness (QED) is 0.360. The van der Waals surface area contributed by atoms with Crippen LogP contribution in [0.25, 0.3) is 0 Å². The molecular formula is C16H17ClFNO6. The Bertz CT molecular complexity index is 686. The van der Waals surface area contributed by atoms with Crippen LogP contribution in [0.5, 0.6) is 0 Å². The van der Waals surface area contributed by atoms with Crippen LogP contribution in [-0.2, 0) is 19.1 Å². The van der Waals surface area contributed by atoms with Crippen molar-refractivity contribution < 1.29 is 33.8 Å². The number of benzene rings is 1. The highest BCUT2D eigenvalue weighted by atomic mass is 35.5. The van der Waals surface area contributed by atoms with Gasteiger partial charge in [-0.25, -0.2) is 4.39 Å². The third kappa shape index (κ3) is 2.85. The van der Waals surface area contributed by atoms with E-state index in [4.69, 9.17) is 21.1 Å². The normalized spacial score (nSPS) is 23.5. The smallest absolute Gasteiger partial charge is 0.324 e. The molecule has 0 bridgehead atoms. The van der Waals surface area contributed by atoms with Crippen LogP contribution in [-0.4, -0.2) is 48.8 Å². The molecule has 2 atom stereocenters. The Morgan fingerprint density at radius 2 is 1.96 bits per heavy atom. The molecule has 25 heavy (non-hydrogen) atoms. The summed E-state index contributed by atoms with van der Waals surface area (Å²) in [5.41, 5.74) is -2.39. The molecule has 1 fully saturated rings. The SMILES string of the molecule is COC(=O)C1(C(=O)OC)C[C@@H](CO)/C(=N/O)[C@@H]1c1c(F)cccc1Cl. The van der Waals surface area contributed by atoms with Crippen molar-refractivity contribution in [2.75, 3.05) is 20.8 Å². The predicted octanol–water partition coefficient (Wildman–Crippen LogP) is 1.74. The lowest BCUT2D eigenvalue weighted by Crippen LogP contribution is -2.44. The third-order valence-electron chi connectivity index (χ3n) is 4.50. The highest BCUT2D eigenvalue weighted by Gasteiger charge is 2.64. The fraction of sp³-hybridized carbons (Fsp3) is 0.438. The van der Waals surface area contributed by atoms with Gasteiger partial charge in [0.2, 0.25) is 0 Å². The molecule has 136 valence electrons. The number of aliphatic hydroxyl groups is 1. The fourth-order valence-corrected chi connectivity index (χ4v) is 3.70. The van der Waals surface area contributed by atoms with Crippen LogP contribution >= 0.6 is 11.6 Å². The second-order valence-electron chi connectivity index (χ2n) is 5.63. The molecule has 1 saturated carbocycles. The maximum absolute atomic E-state index is 14.5. The largest absolute Gasteiger partial charge is 0.468 e. The van der Waals surface area contributed by atoms with Crippen LogP contribution in [0.2, 0.25) is 5.02 Å². The fourth-order valence-electron chi connectivity index (χ4n) is 3.43. The molecule has 0 unspecified atom stereocenters. The van der Waals surface area contributed by atoms with Gasteiger partial charge < -0.3 is 19.8 Å². The lowest BCUT2D eigenvalue weighted by molar-refractivity contribution is -0.169. The molecule has 1 aromatic carbocycles. The Hall–Kier alpha value is -2.19. The number of carbonyl (C=O) groups excluding carboxylic acids is 2. The van der Waals surface area contributed by atoms with Crippen LogP contribution in [0.4, 0.5) is 4.39 Å². The maximum Gasteiger partial charge on any atom is 0.324 e. The van der Waals surface area contributed by atoms with Gasteiger partial charge in [-0.05, 0) is 18.6 Å². The number of ether oxygens (including phenoxy) is 2. The van der Waals surface area contributed by atoms with Crippen molar-refractivity contribution in [2.24, 2.45) is 16.5 Å². The van der Waals surface area contributed by atoms with Gasteiger partial charge in [0, 0.05) is 16.5 Å². The summed E-state index contributed by atoms with van der Waals surface area (Å²) in [6.07, 6.45) is -0.280. The summed E-state index contributed by atoms with van der Waals surface area (Å²) in [4.78, 5) is 25.1. The van der Waals surface area contributed by atoms with Crippen LogP contribution in [0.1, 0.15) is 17.9 Å². The molecule has 7 nitrogen and oxygen atoms in total. The van der Waals surface area contributed by atoms with E-state index in [1.165, 1.54) is 12.1 Å². The van der Waals surface area contributed by atoms with E-state index in [1.807, 2.05) is 0 Å². The number of hydrogen-bond acceptors (Lipinski definition) is 7. The number of carbonyl (C=O) groups is 2. The zero-order valence-electron chi connectivity index (χ0n) is 13.5. The van der Waals surface area contributed by atoms with Gasteiger partial charge in [0.05, 0.1) is 32.5 Å². The molecule has 2 rings (SSSR count). The number of oxime groups is 1. The highest BCUT2D eigenvalue weighted by Crippen LogP contribution is 2.53. The zero-order chi connectivity index (χ0) is 18.8. The standard InChI is InChI=1S/C16H17ClFNO6/c1-24-14(21)16(15(22)25-2)6-8(7-20)13(19-23)12(16)11-9(17)4-3-5-10(11)18/h3-5,8,12,20,23H,6-7H2,1-2H3/b19-13-/t8-,12-/m0/s1. The first-order valence-corrected chi connectivity index (χ1v) is 7.70. The lowest BCUT2D eigenvalue weighted by atomic mass is 9.73. The number of methoxy groups -OCH3 is 2. The molecule has 0 saturated heterocycles. The summed E-state index contributed by atoms with van der Waals surface area (Å²) in [5, 5.41) is 22.1. The minimum Gasteiger partial charge on any atom is -0.468 e. The van der Waals surface area contributed by atoms with Gasteiger partial charge in [-0.2, -0.15) is 0 Å². The predicted molar refractivity (Wildman–Crippen MR) is 85.0 cm³/mol. The van der Waals surface area contributed by atoms with Crippen LogP contribution < -0.4 is 0 Å². The Balaban J connectivity index is 2.84. The van der Waals surface area contributed by atoms with E-state index < -0.39 is 41.6 Å². The Kier molecular flexibility index (Phi) is 5.64. The highest BCUT2D eigenvalue weighted by molar-refractivity contribution is 6.32. The van der Waals surface area contributed by atoms with Crippen molar-refractivity contribution in [3.63, 3.8) is 0 Å². The van der Waals surface area contributed by atoms with Crippen LogP contribution in [0.15, 0.2) is 23.4 Å². The van der Waals surface area contributed by atoms with E-state index in [0.717, 1.165) is 20.3 Å². The van der Waals surface area contributed by atoms with Crippen molar-refractivity contribution >= 4 is 29.3 Å². The maximum atomic E-state index is 14.5. The second kappa shape index (κ2) is 7.37. The number of nitrogens with zero attached hydrogens (tertiary/aromatic N) is 1. The first-order valence-electron chi connectivity index (χ1n) is 7.32. The Morgan fingerprint density at radius 1 is 1.36 bits per heavy atom. The molecule has 0 radical (unpaired) electrons. The summed E-state index contributed by atoms with van der Waals surface area (Å²) in [6, 6.07) is 3.83. The minimum atomic E-state index is -2.04. The van der Waals surface area contributed by atoms with Gasteiger partial charge in [-0.3, -0.25) is 9.59 Å². The molecule has 0 spiro atoms. The van der Waals surface area contributed by atoms with E-state index in [1.54, 1.807) is 0 Å². The third-order valence-corrected chi connectivity index (χ3v) is 4.83. The van der Waals surface area contributed by atoms with Crippen molar-refractivity contribution in [1.29, 1.82) is 0 Å². The monoisotopic (exact) mass is 373 g/mol. The van der Waals surface area contributed by atoms with Gasteiger partial charge in [0.15, 0.2) is 5.41 Å². The molecule has 1 aliphatic rings. The molecule has 0 amide bonds. The first-order chi connectivity index (χ1) is 11.9. The van der Waals surface area contributed by atoms with Gasteiger partial charge in [-0.1, -0.05) is 22.8 Å². The molecule has 0 heterocycles. The van der Waals surface area contributed by atoms with Gasteiger partial charge in [-0.15, -0.1) is 0 Å². The van der Waals surface area contributed by atoms with E-state index in [-0.39, 0.29) is 22.7 Å². The second-order valence-corrected chi connectivity index (χ2v) is 6.04. The zero-order valence-corrected chi connectivity index (χ0v) is 14.3. The topological polar surface area (TPSA) is 105 Å². The molecule has 1 aliphatic carbocycles. The first kappa shape index (κ1) is 19.1. The average molecular weight is 374 g/mol. The summed E-state index contributed by atoms with van der Waals surface area (Å²) in [6.45, 7) is -0.530. The number of rotatable bonds is 4. The Labute approximate surface area is 148 Å². The summed E-state index contributed by atoms with van der Waals surface area (Å²) >= 11 is 6.10. The molecule has 9 heteroatoms. The summed E-state index contributed by atoms with van der Waals surface area (Å²) in [5.74, 6) is -5.07. The van der Waals surface area contributed by atoms with Crippen LogP contribution in [0.3, 0.4) is 0 Å². The van der Waals surface area contributed by atoms with Gasteiger partial charge in [0.25, 0.3) is 0 Å². The van der Waals surface area contributed by atoms with Gasteiger partial charge >= 0.3 is 11.9 Å². The summed E-state index contributed by atoms with van der Waals surface area (Å²) in [7, 11) is 2.13. The number of esters is 2. The molecule has 0 aliphatic heterocycles. The lowest BCUT2D eigenvalue weighted by Gasteiger charge is -2.30. The van der Waals surface area contributed by atoms with Crippen molar-refractivity contribution in [1.82, 2.24) is 0 Å². The van der Waals surface area contributed by atoms with Crippen molar-refractivity contribution in [3.05, 3.63) is 34.6 Å². The number of hydrogen-bond donors (Lipinski definition) is 2. The molecule has 0 aromatic heterocycles.